The summed E-state index contributed by atoms with van der Waals surface area (Å²) in [6.45, 7) is 1.52. The lowest BCUT2D eigenvalue weighted by molar-refractivity contribution is -0.123. The summed E-state index contributed by atoms with van der Waals surface area (Å²) in [6, 6.07) is 14.1. The molecule has 0 fully saturated rings. The molecule has 1 N–H and O–H groups in total. The fraction of sp³-hybridized carbons (Fsp3) is 0.0952. The monoisotopic (exact) mass is 387 g/mol. The summed E-state index contributed by atoms with van der Waals surface area (Å²) >= 11 is 0. The number of anilines is 1. The molecule has 4 aromatic rings. The topological polar surface area (TPSA) is 99.0 Å². The van der Waals surface area contributed by atoms with E-state index in [1.54, 1.807) is 59.7 Å². The zero-order valence-corrected chi connectivity index (χ0v) is 15.5. The van der Waals surface area contributed by atoms with Crippen molar-refractivity contribution in [2.45, 2.75) is 13.0 Å². The van der Waals surface area contributed by atoms with E-state index in [-0.39, 0.29) is 5.56 Å². The molecule has 0 aliphatic rings. The average Bonchev–Trinajstić information content (AvgIpc) is 3.29. The second-order valence-corrected chi connectivity index (χ2v) is 6.27. The van der Waals surface area contributed by atoms with Gasteiger partial charge in [0.15, 0.2) is 11.9 Å². The van der Waals surface area contributed by atoms with Gasteiger partial charge in [-0.2, -0.15) is 5.10 Å². The van der Waals surface area contributed by atoms with E-state index in [0.717, 1.165) is 10.9 Å². The van der Waals surface area contributed by atoms with E-state index >= 15 is 0 Å². The van der Waals surface area contributed by atoms with E-state index in [0.29, 0.717) is 11.5 Å². The van der Waals surface area contributed by atoms with E-state index in [1.807, 2.05) is 12.1 Å². The van der Waals surface area contributed by atoms with Gasteiger partial charge in [-0.1, -0.05) is 6.07 Å². The van der Waals surface area contributed by atoms with E-state index < -0.39 is 18.0 Å². The Kier molecular flexibility index (Phi) is 4.98. The van der Waals surface area contributed by atoms with Gasteiger partial charge in [0.05, 0.1) is 16.8 Å². The lowest BCUT2D eigenvalue weighted by Crippen LogP contribution is -2.30. The number of aromatic nitrogens is 4. The van der Waals surface area contributed by atoms with Crippen LogP contribution in [0.1, 0.15) is 17.3 Å². The summed E-state index contributed by atoms with van der Waals surface area (Å²) in [5, 5.41) is 7.67. The number of hydrogen-bond acceptors (Lipinski definition) is 6. The lowest BCUT2D eigenvalue weighted by atomic mass is 10.2. The van der Waals surface area contributed by atoms with Crippen LogP contribution in [0.15, 0.2) is 73.3 Å². The Hall–Kier alpha value is -4.07. The van der Waals surface area contributed by atoms with E-state index in [1.165, 1.54) is 13.1 Å². The van der Waals surface area contributed by atoms with Crippen molar-refractivity contribution in [3.05, 3.63) is 78.9 Å². The predicted molar refractivity (Wildman–Crippen MR) is 107 cm³/mol. The number of benzene rings is 1. The van der Waals surface area contributed by atoms with Crippen LogP contribution in [0.25, 0.3) is 16.7 Å². The predicted octanol–water partition coefficient (Wildman–Crippen LogP) is 3.00. The molecule has 4 rings (SSSR count). The molecule has 3 aromatic heterocycles. The molecule has 3 heterocycles. The summed E-state index contributed by atoms with van der Waals surface area (Å²) in [7, 11) is 0. The van der Waals surface area contributed by atoms with Gasteiger partial charge >= 0.3 is 5.97 Å². The van der Waals surface area contributed by atoms with Crippen LogP contribution in [0, 0.1) is 0 Å². The van der Waals surface area contributed by atoms with Gasteiger partial charge in [-0.05, 0) is 49.4 Å². The van der Waals surface area contributed by atoms with E-state index in [9.17, 15) is 9.59 Å². The maximum absolute atomic E-state index is 12.5. The molecule has 29 heavy (non-hydrogen) atoms. The maximum atomic E-state index is 12.5. The van der Waals surface area contributed by atoms with Crippen LogP contribution in [0.4, 0.5) is 5.69 Å². The van der Waals surface area contributed by atoms with Crippen molar-refractivity contribution < 1.29 is 14.3 Å². The summed E-state index contributed by atoms with van der Waals surface area (Å²) in [6.07, 6.45) is 5.47. The number of ether oxygens (including phenoxy) is 1. The SMILES string of the molecule is CC(OC(=O)c1ccc(-n2cccn2)nc1)C(=O)Nc1cccc2ncccc12. The van der Waals surface area contributed by atoms with E-state index in [2.05, 4.69) is 20.4 Å². The zero-order valence-electron chi connectivity index (χ0n) is 15.5. The highest BCUT2D eigenvalue weighted by atomic mass is 16.5. The highest BCUT2D eigenvalue weighted by molar-refractivity contribution is 6.03. The Morgan fingerprint density at radius 1 is 1.03 bits per heavy atom. The molecular formula is C21H17N5O3. The largest absolute Gasteiger partial charge is 0.449 e. The second kappa shape index (κ2) is 7.89. The summed E-state index contributed by atoms with van der Waals surface area (Å²) in [4.78, 5) is 33.3. The first kappa shape index (κ1) is 18.3. The number of carbonyl (C=O) groups is 2. The van der Waals surface area contributed by atoms with Crippen molar-refractivity contribution in [2.24, 2.45) is 0 Å². The summed E-state index contributed by atoms with van der Waals surface area (Å²) in [5.74, 6) is -0.496. The molecule has 1 atom stereocenters. The second-order valence-electron chi connectivity index (χ2n) is 6.27. The molecule has 0 spiro atoms. The van der Waals surface area contributed by atoms with Crippen LogP contribution in [0.5, 0.6) is 0 Å². The molecule has 0 bridgehead atoms. The molecule has 8 heteroatoms. The molecule has 1 aromatic carbocycles. The molecule has 0 aliphatic heterocycles. The normalized spacial score (nSPS) is 11.8. The minimum atomic E-state index is -0.986. The number of nitrogens with zero attached hydrogens (tertiary/aromatic N) is 4. The average molecular weight is 387 g/mol. The lowest BCUT2D eigenvalue weighted by Gasteiger charge is -2.14. The fourth-order valence-electron chi connectivity index (χ4n) is 2.78. The Balaban J connectivity index is 1.42. The van der Waals surface area contributed by atoms with Gasteiger partial charge in [0.2, 0.25) is 0 Å². The molecule has 1 amide bonds. The molecule has 0 saturated carbocycles. The van der Waals surface area contributed by atoms with Gasteiger partial charge in [0, 0.05) is 30.2 Å². The van der Waals surface area contributed by atoms with Crippen molar-refractivity contribution in [1.29, 1.82) is 0 Å². The summed E-state index contributed by atoms with van der Waals surface area (Å²) < 4.78 is 6.86. The molecule has 0 radical (unpaired) electrons. The Bertz CT molecular complexity index is 1150. The molecule has 1 unspecified atom stereocenters. The number of rotatable bonds is 5. The first-order valence-electron chi connectivity index (χ1n) is 8.93. The van der Waals surface area contributed by atoms with Crippen molar-refractivity contribution in [2.75, 3.05) is 5.32 Å². The zero-order chi connectivity index (χ0) is 20.2. The molecule has 0 aliphatic carbocycles. The molecular weight excluding hydrogens is 370 g/mol. The highest BCUT2D eigenvalue weighted by Crippen LogP contribution is 2.21. The van der Waals surface area contributed by atoms with Crippen molar-refractivity contribution in [3.8, 4) is 5.82 Å². The van der Waals surface area contributed by atoms with Crippen molar-refractivity contribution in [3.63, 3.8) is 0 Å². The third-order valence-electron chi connectivity index (χ3n) is 4.28. The first-order chi connectivity index (χ1) is 14.1. The number of carbonyl (C=O) groups excluding carboxylic acids is 2. The third kappa shape index (κ3) is 3.96. The number of nitrogens with one attached hydrogen (secondary N) is 1. The van der Waals surface area contributed by atoms with Crippen LogP contribution in [0.3, 0.4) is 0 Å². The quantitative estimate of drug-likeness (QED) is 0.529. The van der Waals surface area contributed by atoms with Gasteiger partial charge in [-0.25, -0.2) is 14.5 Å². The van der Waals surface area contributed by atoms with Crippen LogP contribution < -0.4 is 5.32 Å². The van der Waals surface area contributed by atoms with Crippen LogP contribution in [0.2, 0.25) is 0 Å². The molecule has 8 nitrogen and oxygen atoms in total. The van der Waals surface area contributed by atoms with Gasteiger partial charge in [0.1, 0.15) is 0 Å². The number of esters is 1. The minimum absolute atomic E-state index is 0.245. The summed E-state index contributed by atoms with van der Waals surface area (Å²) in [5.41, 5.74) is 1.61. The maximum Gasteiger partial charge on any atom is 0.340 e. The van der Waals surface area contributed by atoms with Crippen molar-refractivity contribution >= 4 is 28.5 Å². The number of hydrogen-bond donors (Lipinski definition) is 1. The van der Waals surface area contributed by atoms with Gasteiger partial charge in [-0.15, -0.1) is 0 Å². The Labute approximate surface area is 166 Å². The molecule has 144 valence electrons. The van der Waals surface area contributed by atoms with Crippen LogP contribution in [-0.2, 0) is 9.53 Å². The minimum Gasteiger partial charge on any atom is -0.449 e. The van der Waals surface area contributed by atoms with Gasteiger partial charge in [0.25, 0.3) is 5.91 Å². The smallest absolute Gasteiger partial charge is 0.340 e. The van der Waals surface area contributed by atoms with E-state index in [4.69, 9.17) is 4.74 Å². The number of pyridine rings is 2. The third-order valence-corrected chi connectivity index (χ3v) is 4.28. The Morgan fingerprint density at radius 2 is 1.93 bits per heavy atom. The number of amides is 1. The standard InChI is InChI=1S/C21H17N5O3/c1-14(20(27)25-18-7-2-6-17-16(18)5-3-10-22-17)29-21(28)15-8-9-19(23-13-15)26-12-4-11-24-26/h2-14H,1H3,(H,25,27). The van der Waals surface area contributed by atoms with Crippen LogP contribution in [-0.4, -0.2) is 37.7 Å². The van der Waals surface area contributed by atoms with Crippen LogP contribution >= 0.6 is 0 Å². The van der Waals surface area contributed by atoms with Crippen molar-refractivity contribution in [1.82, 2.24) is 19.7 Å². The van der Waals surface area contributed by atoms with Gasteiger partial charge in [-0.3, -0.25) is 9.78 Å². The Morgan fingerprint density at radius 3 is 2.69 bits per heavy atom. The molecule has 0 saturated heterocycles. The number of fused-ring (bicyclic) bond motifs is 1. The highest BCUT2D eigenvalue weighted by Gasteiger charge is 2.20. The fourth-order valence-corrected chi connectivity index (χ4v) is 2.78. The van der Waals surface area contributed by atoms with Gasteiger partial charge < -0.3 is 10.1 Å². The first-order valence-corrected chi connectivity index (χ1v) is 8.93.